The van der Waals surface area contributed by atoms with Crippen molar-refractivity contribution in [3.05, 3.63) is 11.6 Å². The summed E-state index contributed by atoms with van der Waals surface area (Å²) < 4.78 is 0. The second-order valence-electron chi connectivity index (χ2n) is 5.30. The first-order chi connectivity index (χ1) is 6.47. The highest BCUT2D eigenvalue weighted by Crippen LogP contribution is 2.23. The Morgan fingerprint density at radius 3 is 2.07 bits per heavy atom. The quantitative estimate of drug-likeness (QED) is 0.521. The molecular weight excluding hydrogens is 168 g/mol. The minimum absolute atomic E-state index is 0.795. The van der Waals surface area contributed by atoms with Gasteiger partial charge in [-0.05, 0) is 37.5 Å². The lowest BCUT2D eigenvalue weighted by molar-refractivity contribution is 0.369. The summed E-state index contributed by atoms with van der Waals surface area (Å²) in [7, 11) is 0. The molecule has 0 heteroatoms. The first-order valence-corrected chi connectivity index (χ1v) is 6.13. The summed E-state index contributed by atoms with van der Waals surface area (Å²) in [5.74, 6) is 2.49. The average molecular weight is 196 g/mol. The molecule has 0 heterocycles. The zero-order valence-corrected chi connectivity index (χ0v) is 10.9. The molecule has 0 amide bonds. The number of rotatable bonds is 6. The first-order valence-electron chi connectivity index (χ1n) is 6.13. The summed E-state index contributed by atoms with van der Waals surface area (Å²) in [5, 5.41) is 0. The minimum Gasteiger partial charge on any atom is -0.0853 e. The van der Waals surface area contributed by atoms with Crippen LogP contribution in [0.5, 0.6) is 0 Å². The van der Waals surface area contributed by atoms with Crippen LogP contribution < -0.4 is 0 Å². The Hall–Kier alpha value is -0.260. The van der Waals surface area contributed by atoms with Crippen LogP contribution in [0.2, 0.25) is 0 Å². The van der Waals surface area contributed by atoms with Crippen molar-refractivity contribution >= 4 is 0 Å². The molecule has 0 bridgehead atoms. The normalized spacial score (nSPS) is 15.3. The minimum atomic E-state index is 0.795. The van der Waals surface area contributed by atoms with Crippen molar-refractivity contribution in [2.45, 2.75) is 60.8 Å². The van der Waals surface area contributed by atoms with Crippen molar-refractivity contribution in [3.63, 3.8) is 0 Å². The second kappa shape index (κ2) is 7.09. The van der Waals surface area contributed by atoms with Crippen molar-refractivity contribution in [1.29, 1.82) is 0 Å². The lowest BCUT2D eigenvalue weighted by atomic mass is 9.87. The molecule has 0 aliphatic heterocycles. The fraction of sp³-hybridized carbons (Fsp3) is 0.857. The molecule has 0 aromatic rings. The number of hydrogen-bond donors (Lipinski definition) is 0. The van der Waals surface area contributed by atoms with Crippen molar-refractivity contribution in [3.8, 4) is 0 Å². The van der Waals surface area contributed by atoms with Crippen LogP contribution >= 0.6 is 0 Å². The second-order valence-corrected chi connectivity index (χ2v) is 5.30. The maximum Gasteiger partial charge on any atom is -0.0292 e. The Bertz CT molecular complexity index is 163. The summed E-state index contributed by atoms with van der Waals surface area (Å²) in [6.07, 6.45) is 6.27. The van der Waals surface area contributed by atoms with Gasteiger partial charge in [0.15, 0.2) is 0 Å². The summed E-state index contributed by atoms with van der Waals surface area (Å²) in [6, 6.07) is 0. The van der Waals surface area contributed by atoms with Crippen molar-refractivity contribution in [1.82, 2.24) is 0 Å². The average Bonchev–Trinajstić information content (AvgIpc) is 2.10. The SMILES string of the molecule is CCC(CC(C)=CCC(C)C)C(C)C. The molecular formula is C14H28. The summed E-state index contributed by atoms with van der Waals surface area (Å²) in [4.78, 5) is 0. The zero-order chi connectivity index (χ0) is 11.1. The van der Waals surface area contributed by atoms with E-state index >= 15 is 0 Å². The lowest BCUT2D eigenvalue weighted by Gasteiger charge is -2.19. The molecule has 0 nitrogen and oxygen atoms in total. The van der Waals surface area contributed by atoms with Gasteiger partial charge in [0.05, 0.1) is 0 Å². The van der Waals surface area contributed by atoms with Gasteiger partial charge in [0, 0.05) is 0 Å². The van der Waals surface area contributed by atoms with Crippen LogP contribution in [0.15, 0.2) is 11.6 Å². The number of hydrogen-bond acceptors (Lipinski definition) is 0. The monoisotopic (exact) mass is 196 g/mol. The third-order valence-corrected chi connectivity index (χ3v) is 2.99. The molecule has 14 heavy (non-hydrogen) atoms. The fourth-order valence-corrected chi connectivity index (χ4v) is 1.79. The lowest BCUT2D eigenvalue weighted by Crippen LogP contribution is -2.07. The molecule has 0 N–H and O–H groups in total. The molecule has 0 aromatic carbocycles. The summed E-state index contributed by atoms with van der Waals surface area (Å²) in [6.45, 7) is 13.8. The number of allylic oxidation sites excluding steroid dienone is 2. The molecule has 0 aromatic heterocycles. The highest BCUT2D eigenvalue weighted by molar-refractivity contribution is 4.99. The van der Waals surface area contributed by atoms with E-state index in [1.165, 1.54) is 19.3 Å². The van der Waals surface area contributed by atoms with E-state index in [0.29, 0.717) is 0 Å². The molecule has 0 saturated carbocycles. The van der Waals surface area contributed by atoms with E-state index in [0.717, 1.165) is 17.8 Å². The summed E-state index contributed by atoms with van der Waals surface area (Å²) in [5.41, 5.74) is 1.58. The fourth-order valence-electron chi connectivity index (χ4n) is 1.79. The Balaban J connectivity index is 4.01. The third-order valence-electron chi connectivity index (χ3n) is 2.99. The largest absolute Gasteiger partial charge is 0.0853 e. The van der Waals surface area contributed by atoms with E-state index in [-0.39, 0.29) is 0 Å². The van der Waals surface area contributed by atoms with E-state index in [4.69, 9.17) is 0 Å². The van der Waals surface area contributed by atoms with Crippen molar-refractivity contribution in [2.24, 2.45) is 17.8 Å². The molecule has 0 aliphatic carbocycles. The van der Waals surface area contributed by atoms with Crippen molar-refractivity contribution in [2.75, 3.05) is 0 Å². The van der Waals surface area contributed by atoms with Gasteiger partial charge in [0.2, 0.25) is 0 Å². The van der Waals surface area contributed by atoms with E-state index in [1.54, 1.807) is 5.57 Å². The first kappa shape index (κ1) is 13.7. The highest BCUT2D eigenvalue weighted by Gasteiger charge is 2.10. The molecule has 1 atom stereocenters. The Morgan fingerprint density at radius 1 is 1.14 bits per heavy atom. The molecule has 0 radical (unpaired) electrons. The Kier molecular flexibility index (Phi) is 6.96. The van der Waals surface area contributed by atoms with Gasteiger partial charge in [-0.25, -0.2) is 0 Å². The molecule has 0 spiro atoms. The predicted octanol–water partition coefficient (Wildman–Crippen LogP) is 5.05. The van der Waals surface area contributed by atoms with Crippen LogP contribution in [-0.4, -0.2) is 0 Å². The molecule has 0 saturated heterocycles. The maximum absolute atomic E-state index is 2.43. The molecule has 0 rings (SSSR count). The molecule has 1 unspecified atom stereocenters. The van der Waals surface area contributed by atoms with Crippen LogP contribution in [0.1, 0.15) is 60.8 Å². The van der Waals surface area contributed by atoms with Gasteiger partial charge < -0.3 is 0 Å². The van der Waals surface area contributed by atoms with Gasteiger partial charge in [-0.3, -0.25) is 0 Å². The third kappa shape index (κ3) is 6.23. The predicted molar refractivity (Wildman–Crippen MR) is 66.4 cm³/mol. The van der Waals surface area contributed by atoms with E-state index in [1.807, 2.05) is 0 Å². The van der Waals surface area contributed by atoms with Crippen molar-refractivity contribution < 1.29 is 0 Å². The van der Waals surface area contributed by atoms with E-state index in [9.17, 15) is 0 Å². The van der Waals surface area contributed by atoms with Gasteiger partial charge in [0.1, 0.15) is 0 Å². The van der Waals surface area contributed by atoms with Gasteiger partial charge in [-0.15, -0.1) is 0 Å². The van der Waals surface area contributed by atoms with Crippen LogP contribution in [0, 0.1) is 17.8 Å². The highest BCUT2D eigenvalue weighted by atomic mass is 14.2. The smallest absolute Gasteiger partial charge is 0.0292 e. The molecule has 0 aliphatic rings. The zero-order valence-electron chi connectivity index (χ0n) is 10.9. The molecule has 84 valence electrons. The standard InChI is InChI=1S/C14H28/c1-7-14(12(4)5)10-13(6)9-8-11(2)3/h9,11-12,14H,7-8,10H2,1-6H3. The Labute approximate surface area is 90.8 Å². The van der Waals surface area contributed by atoms with Crippen LogP contribution in [0.4, 0.5) is 0 Å². The topological polar surface area (TPSA) is 0 Å². The van der Waals surface area contributed by atoms with Gasteiger partial charge in [-0.2, -0.15) is 0 Å². The molecule has 0 fully saturated rings. The maximum atomic E-state index is 2.43. The van der Waals surface area contributed by atoms with E-state index in [2.05, 4.69) is 47.6 Å². The van der Waals surface area contributed by atoms with Crippen LogP contribution in [0.3, 0.4) is 0 Å². The van der Waals surface area contributed by atoms with Gasteiger partial charge >= 0.3 is 0 Å². The van der Waals surface area contributed by atoms with Gasteiger partial charge in [-0.1, -0.05) is 52.7 Å². The van der Waals surface area contributed by atoms with Crippen LogP contribution in [0.25, 0.3) is 0 Å². The van der Waals surface area contributed by atoms with Crippen LogP contribution in [-0.2, 0) is 0 Å². The van der Waals surface area contributed by atoms with E-state index < -0.39 is 0 Å². The summed E-state index contributed by atoms with van der Waals surface area (Å²) >= 11 is 0. The van der Waals surface area contributed by atoms with Gasteiger partial charge in [0.25, 0.3) is 0 Å². The Morgan fingerprint density at radius 2 is 1.71 bits per heavy atom.